The lowest BCUT2D eigenvalue weighted by atomic mass is 10.1. The van der Waals surface area contributed by atoms with Crippen molar-refractivity contribution in [3.63, 3.8) is 0 Å². The molecule has 1 aliphatic heterocycles. The molecule has 0 fully saturated rings. The van der Waals surface area contributed by atoms with Crippen LogP contribution in [0.15, 0.2) is 15.9 Å². The summed E-state index contributed by atoms with van der Waals surface area (Å²) in [6.45, 7) is 1.23. The summed E-state index contributed by atoms with van der Waals surface area (Å²) in [5.74, 6) is 1.07. The molecule has 3 heterocycles. The first-order valence-corrected chi connectivity index (χ1v) is 7.90. The molecular weight excluding hydrogens is 312 g/mol. The van der Waals surface area contributed by atoms with E-state index in [9.17, 15) is 0 Å². The van der Waals surface area contributed by atoms with E-state index in [4.69, 9.17) is 10.1 Å². The van der Waals surface area contributed by atoms with E-state index < -0.39 is 0 Å². The molecule has 0 saturated heterocycles. The van der Waals surface area contributed by atoms with Crippen molar-refractivity contribution >= 4 is 27.3 Å². The summed E-state index contributed by atoms with van der Waals surface area (Å²) in [5.41, 5.74) is 2.41. The highest BCUT2D eigenvalue weighted by molar-refractivity contribution is 9.10. The van der Waals surface area contributed by atoms with Gasteiger partial charge in [-0.1, -0.05) is 0 Å². The first kappa shape index (κ1) is 12.4. The SMILES string of the molecule is OCCc1nc(-c2cc(Br)cs2)n2c1CCCC2. The lowest BCUT2D eigenvalue weighted by molar-refractivity contribution is 0.297. The first-order valence-electron chi connectivity index (χ1n) is 6.23. The van der Waals surface area contributed by atoms with E-state index in [2.05, 4.69) is 31.9 Å². The van der Waals surface area contributed by atoms with Gasteiger partial charge in [0.2, 0.25) is 0 Å². The molecule has 0 aromatic carbocycles. The van der Waals surface area contributed by atoms with Crippen molar-refractivity contribution in [2.75, 3.05) is 6.61 Å². The zero-order valence-electron chi connectivity index (χ0n) is 10.0. The number of imidazole rings is 1. The molecule has 5 heteroatoms. The van der Waals surface area contributed by atoms with E-state index in [1.54, 1.807) is 11.3 Å². The van der Waals surface area contributed by atoms with Gasteiger partial charge in [-0.2, -0.15) is 0 Å². The van der Waals surface area contributed by atoms with Gasteiger partial charge in [0.05, 0.1) is 10.6 Å². The summed E-state index contributed by atoms with van der Waals surface area (Å²) in [7, 11) is 0. The summed E-state index contributed by atoms with van der Waals surface area (Å²) in [6.07, 6.45) is 4.22. The van der Waals surface area contributed by atoms with Crippen molar-refractivity contribution in [3.8, 4) is 10.7 Å². The molecular formula is C13H15BrN2OS. The van der Waals surface area contributed by atoms with Crippen LogP contribution in [0.2, 0.25) is 0 Å². The normalized spacial score (nSPS) is 14.8. The summed E-state index contributed by atoms with van der Waals surface area (Å²) < 4.78 is 3.45. The summed E-state index contributed by atoms with van der Waals surface area (Å²) >= 11 is 5.21. The van der Waals surface area contributed by atoms with E-state index in [0.29, 0.717) is 6.42 Å². The van der Waals surface area contributed by atoms with Crippen LogP contribution < -0.4 is 0 Å². The number of rotatable bonds is 3. The Morgan fingerprint density at radius 3 is 3.06 bits per heavy atom. The fourth-order valence-electron chi connectivity index (χ4n) is 2.54. The highest BCUT2D eigenvalue weighted by atomic mass is 79.9. The fourth-order valence-corrected chi connectivity index (χ4v) is 3.97. The number of aliphatic hydroxyl groups is 1. The van der Waals surface area contributed by atoms with Crippen LogP contribution in [0.25, 0.3) is 10.7 Å². The van der Waals surface area contributed by atoms with Crippen LogP contribution in [0.4, 0.5) is 0 Å². The molecule has 0 atom stereocenters. The first-order chi connectivity index (χ1) is 8.79. The molecule has 2 aromatic rings. The van der Waals surface area contributed by atoms with Crippen LogP contribution in [0.1, 0.15) is 24.2 Å². The lowest BCUT2D eigenvalue weighted by Gasteiger charge is -2.16. The fraction of sp³-hybridized carbons (Fsp3) is 0.462. The molecule has 96 valence electrons. The molecule has 2 aromatic heterocycles. The quantitative estimate of drug-likeness (QED) is 0.940. The Kier molecular flexibility index (Phi) is 3.54. The maximum absolute atomic E-state index is 9.15. The average Bonchev–Trinajstić information content (AvgIpc) is 2.95. The third-order valence-corrected chi connectivity index (χ3v) is 5.02. The number of halogens is 1. The van der Waals surface area contributed by atoms with Crippen LogP contribution in [-0.4, -0.2) is 21.3 Å². The highest BCUT2D eigenvalue weighted by Crippen LogP contribution is 2.33. The number of hydrogen-bond donors (Lipinski definition) is 1. The smallest absolute Gasteiger partial charge is 0.150 e. The third-order valence-electron chi connectivity index (χ3n) is 3.34. The van der Waals surface area contributed by atoms with Gasteiger partial charge in [-0.05, 0) is 41.3 Å². The summed E-state index contributed by atoms with van der Waals surface area (Å²) in [5, 5.41) is 11.2. The second kappa shape index (κ2) is 5.15. The number of fused-ring (bicyclic) bond motifs is 1. The number of nitrogens with zero attached hydrogens (tertiary/aromatic N) is 2. The Morgan fingerprint density at radius 2 is 2.33 bits per heavy atom. The summed E-state index contributed by atoms with van der Waals surface area (Å²) in [6, 6.07) is 2.12. The second-order valence-electron chi connectivity index (χ2n) is 4.54. The number of hydrogen-bond acceptors (Lipinski definition) is 3. The van der Waals surface area contributed by atoms with Gasteiger partial charge >= 0.3 is 0 Å². The average molecular weight is 327 g/mol. The summed E-state index contributed by atoms with van der Waals surface area (Å²) in [4.78, 5) is 5.96. The molecule has 0 radical (unpaired) electrons. The van der Waals surface area contributed by atoms with Gasteiger partial charge in [0.15, 0.2) is 5.82 Å². The highest BCUT2D eigenvalue weighted by Gasteiger charge is 2.21. The zero-order valence-corrected chi connectivity index (χ0v) is 12.4. The standard InChI is InChI=1S/C13H15BrN2OS/c14-9-7-12(18-8-9)13-15-10(4-6-17)11-3-1-2-5-16(11)13/h7-8,17H,1-6H2. The van der Waals surface area contributed by atoms with Crippen molar-refractivity contribution < 1.29 is 5.11 Å². The van der Waals surface area contributed by atoms with E-state index in [0.717, 1.165) is 29.0 Å². The second-order valence-corrected chi connectivity index (χ2v) is 6.37. The number of aliphatic hydroxyl groups excluding tert-OH is 1. The molecule has 0 spiro atoms. The van der Waals surface area contributed by atoms with Gasteiger partial charge in [0, 0.05) is 35.1 Å². The van der Waals surface area contributed by atoms with Gasteiger partial charge < -0.3 is 9.67 Å². The van der Waals surface area contributed by atoms with Crippen molar-refractivity contribution in [2.24, 2.45) is 0 Å². The maximum atomic E-state index is 9.15. The van der Waals surface area contributed by atoms with Crippen molar-refractivity contribution in [1.82, 2.24) is 9.55 Å². The van der Waals surface area contributed by atoms with Gasteiger partial charge in [-0.15, -0.1) is 11.3 Å². The van der Waals surface area contributed by atoms with Crippen LogP contribution in [-0.2, 0) is 19.4 Å². The van der Waals surface area contributed by atoms with Gasteiger partial charge in [-0.25, -0.2) is 4.98 Å². The molecule has 0 aliphatic carbocycles. The molecule has 1 aliphatic rings. The van der Waals surface area contributed by atoms with E-state index >= 15 is 0 Å². The van der Waals surface area contributed by atoms with Gasteiger partial charge in [0.1, 0.15) is 0 Å². The number of thiophene rings is 1. The maximum Gasteiger partial charge on any atom is 0.150 e. The van der Waals surface area contributed by atoms with E-state index in [-0.39, 0.29) is 6.61 Å². The van der Waals surface area contributed by atoms with E-state index in [1.807, 2.05) is 0 Å². The van der Waals surface area contributed by atoms with Crippen molar-refractivity contribution in [2.45, 2.75) is 32.2 Å². The molecule has 3 rings (SSSR count). The van der Waals surface area contributed by atoms with Crippen LogP contribution in [0, 0.1) is 0 Å². The predicted octanol–water partition coefficient (Wildman–Crippen LogP) is 3.25. The van der Waals surface area contributed by atoms with Crippen LogP contribution in [0.5, 0.6) is 0 Å². The Morgan fingerprint density at radius 1 is 1.44 bits per heavy atom. The predicted molar refractivity (Wildman–Crippen MR) is 77.0 cm³/mol. The minimum atomic E-state index is 0.178. The Bertz CT molecular complexity index is 561. The molecule has 18 heavy (non-hydrogen) atoms. The largest absolute Gasteiger partial charge is 0.396 e. The molecule has 0 bridgehead atoms. The minimum absolute atomic E-state index is 0.178. The Labute approximate surface area is 119 Å². The minimum Gasteiger partial charge on any atom is -0.396 e. The van der Waals surface area contributed by atoms with Crippen LogP contribution >= 0.6 is 27.3 Å². The Hall–Kier alpha value is -0.650. The zero-order chi connectivity index (χ0) is 12.5. The lowest BCUT2D eigenvalue weighted by Crippen LogP contribution is -2.12. The van der Waals surface area contributed by atoms with Gasteiger partial charge in [-0.3, -0.25) is 0 Å². The third kappa shape index (κ3) is 2.15. The topological polar surface area (TPSA) is 38.1 Å². The van der Waals surface area contributed by atoms with E-state index in [1.165, 1.54) is 23.4 Å². The van der Waals surface area contributed by atoms with Crippen molar-refractivity contribution in [3.05, 3.63) is 27.3 Å². The number of aromatic nitrogens is 2. The van der Waals surface area contributed by atoms with Crippen molar-refractivity contribution in [1.29, 1.82) is 0 Å². The van der Waals surface area contributed by atoms with Gasteiger partial charge in [0.25, 0.3) is 0 Å². The molecule has 0 saturated carbocycles. The molecule has 0 amide bonds. The Balaban J connectivity index is 2.08. The molecule has 1 N–H and O–H groups in total. The van der Waals surface area contributed by atoms with Crippen LogP contribution in [0.3, 0.4) is 0 Å². The molecule has 3 nitrogen and oxygen atoms in total. The monoisotopic (exact) mass is 326 g/mol. The molecule has 0 unspecified atom stereocenters.